The average molecular weight is 241 g/mol. The van der Waals surface area contributed by atoms with E-state index in [2.05, 4.69) is 20.2 Å². The van der Waals surface area contributed by atoms with Gasteiger partial charge in [-0.15, -0.1) is 0 Å². The lowest BCUT2D eigenvalue weighted by Crippen LogP contribution is -2.14. The third kappa shape index (κ3) is 1.31. The van der Waals surface area contributed by atoms with Crippen molar-refractivity contribution in [1.82, 2.24) is 29.1 Å². The molecule has 0 aliphatic rings. The lowest BCUT2D eigenvalue weighted by atomic mass is 10.5. The van der Waals surface area contributed by atoms with Crippen molar-refractivity contribution in [3.63, 3.8) is 0 Å². The number of aromatic amines is 1. The predicted octanol–water partition coefficient (Wildman–Crippen LogP) is -0.217. The van der Waals surface area contributed by atoms with Gasteiger partial charge in [0, 0.05) is 18.5 Å². The lowest BCUT2D eigenvalue weighted by Gasteiger charge is -2.04. The molecule has 3 rings (SSSR count). The normalized spacial score (nSPS) is 10.7. The molecule has 0 saturated carbocycles. The Kier molecular flexibility index (Phi) is 2.00. The van der Waals surface area contributed by atoms with E-state index in [0.29, 0.717) is 17.3 Å². The molecule has 1 N–H and O–H groups in total. The maximum absolute atomic E-state index is 11.5. The van der Waals surface area contributed by atoms with Crippen LogP contribution in [0.25, 0.3) is 11.5 Å². The second-order valence-electron chi connectivity index (χ2n) is 3.62. The van der Waals surface area contributed by atoms with E-state index >= 15 is 0 Å². The third-order valence-corrected chi connectivity index (χ3v) is 2.54. The van der Waals surface area contributed by atoms with Crippen molar-refractivity contribution in [1.29, 1.82) is 5.26 Å². The summed E-state index contributed by atoms with van der Waals surface area (Å²) in [7, 11) is 0. The fourth-order valence-electron chi connectivity index (χ4n) is 1.78. The molecule has 3 aromatic heterocycles. The van der Waals surface area contributed by atoms with Crippen molar-refractivity contribution in [2.24, 2.45) is 0 Å². The van der Waals surface area contributed by atoms with Crippen molar-refractivity contribution in [3.05, 3.63) is 40.6 Å². The number of hydrogen-bond donors (Lipinski definition) is 1. The molecule has 0 aliphatic carbocycles. The number of nitriles is 1. The molecule has 0 radical (unpaired) electrons. The summed E-state index contributed by atoms with van der Waals surface area (Å²) in [5.74, 6) is 1.20. The van der Waals surface area contributed by atoms with Crippen LogP contribution in [0.2, 0.25) is 0 Å². The average Bonchev–Trinajstić information content (AvgIpc) is 2.95. The van der Waals surface area contributed by atoms with E-state index in [-0.39, 0.29) is 11.5 Å². The van der Waals surface area contributed by atoms with Crippen LogP contribution in [-0.4, -0.2) is 29.1 Å². The number of hydrogen-bond acceptors (Lipinski definition) is 5. The van der Waals surface area contributed by atoms with Crippen molar-refractivity contribution in [2.75, 3.05) is 0 Å². The number of aromatic nitrogens is 6. The minimum absolute atomic E-state index is 0.226. The van der Waals surface area contributed by atoms with Gasteiger partial charge in [0.05, 0.1) is 0 Å². The van der Waals surface area contributed by atoms with Gasteiger partial charge in [0.1, 0.15) is 17.7 Å². The van der Waals surface area contributed by atoms with Gasteiger partial charge >= 0.3 is 5.69 Å². The number of nitrogens with zero attached hydrogens (tertiary/aromatic N) is 6. The summed E-state index contributed by atoms with van der Waals surface area (Å²) in [5.41, 5.74) is 0.104. The molecule has 0 saturated heterocycles. The summed E-state index contributed by atoms with van der Waals surface area (Å²) in [5, 5.41) is 15.1. The fraction of sp³-hybridized carbons (Fsp3) is 0.100. The number of aryl methyl sites for hydroxylation is 1. The van der Waals surface area contributed by atoms with E-state index in [1.165, 1.54) is 15.2 Å². The number of fused-ring (bicyclic) bond motifs is 1. The Balaban J connectivity index is 2.32. The first-order valence-electron chi connectivity index (χ1n) is 5.09. The second-order valence-corrected chi connectivity index (χ2v) is 3.62. The number of imidazole rings is 1. The van der Waals surface area contributed by atoms with Gasteiger partial charge in [-0.25, -0.2) is 24.3 Å². The van der Waals surface area contributed by atoms with Gasteiger partial charge in [-0.2, -0.15) is 10.4 Å². The summed E-state index contributed by atoms with van der Waals surface area (Å²) < 4.78 is 2.89. The Morgan fingerprint density at radius 1 is 1.50 bits per heavy atom. The molecule has 88 valence electrons. The fourth-order valence-corrected chi connectivity index (χ4v) is 1.78. The highest BCUT2D eigenvalue weighted by Gasteiger charge is 2.10. The summed E-state index contributed by atoms with van der Waals surface area (Å²) in [4.78, 5) is 19.6. The topological polar surface area (TPSA) is 105 Å². The SMILES string of the molecule is Cc1nc(-n2ccnc2C#N)cc2n[nH]c(=O)n12. The molecule has 18 heavy (non-hydrogen) atoms. The van der Waals surface area contributed by atoms with E-state index in [1.807, 2.05) is 6.07 Å². The zero-order chi connectivity index (χ0) is 12.7. The van der Waals surface area contributed by atoms with Crippen LogP contribution in [0.4, 0.5) is 0 Å². The van der Waals surface area contributed by atoms with Gasteiger partial charge in [0.25, 0.3) is 0 Å². The quantitative estimate of drug-likeness (QED) is 0.634. The Hall–Kier alpha value is -2.95. The summed E-state index contributed by atoms with van der Waals surface area (Å²) in [6.07, 6.45) is 3.14. The van der Waals surface area contributed by atoms with Crippen molar-refractivity contribution < 1.29 is 0 Å². The molecule has 0 atom stereocenters. The van der Waals surface area contributed by atoms with E-state index in [1.54, 1.807) is 19.2 Å². The molecule has 3 heterocycles. The van der Waals surface area contributed by atoms with Crippen LogP contribution in [0.1, 0.15) is 11.6 Å². The Morgan fingerprint density at radius 2 is 2.33 bits per heavy atom. The van der Waals surface area contributed by atoms with E-state index in [9.17, 15) is 4.79 Å². The molecule has 0 fully saturated rings. The molecule has 8 nitrogen and oxygen atoms in total. The third-order valence-electron chi connectivity index (χ3n) is 2.54. The maximum Gasteiger partial charge on any atom is 0.349 e. The molecule has 0 bridgehead atoms. The molecular weight excluding hydrogens is 234 g/mol. The molecule has 0 aliphatic heterocycles. The van der Waals surface area contributed by atoms with Crippen LogP contribution < -0.4 is 5.69 Å². The molecule has 3 aromatic rings. The van der Waals surface area contributed by atoms with E-state index < -0.39 is 0 Å². The van der Waals surface area contributed by atoms with Crippen LogP contribution in [-0.2, 0) is 0 Å². The minimum atomic E-state index is -0.340. The summed E-state index contributed by atoms with van der Waals surface area (Å²) in [6, 6.07) is 3.57. The first-order valence-corrected chi connectivity index (χ1v) is 5.09. The zero-order valence-electron chi connectivity index (χ0n) is 9.32. The number of nitrogens with one attached hydrogen (secondary N) is 1. The van der Waals surface area contributed by atoms with Crippen molar-refractivity contribution >= 4 is 5.65 Å². The predicted molar refractivity (Wildman–Crippen MR) is 60.2 cm³/mol. The van der Waals surface area contributed by atoms with Gasteiger partial charge in [0.15, 0.2) is 5.65 Å². The molecule has 0 unspecified atom stereocenters. The first-order chi connectivity index (χ1) is 8.70. The molecule has 0 amide bonds. The van der Waals surface area contributed by atoms with Gasteiger partial charge in [0.2, 0.25) is 5.82 Å². The molecule has 8 heteroatoms. The Bertz CT molecular complexity index is 832. The van der Waals surface area contributed by atoms with Crippen molar-refractivity contribution in [3.8, 4) is 11.9 Å². The highest BCUT2D eigenvalue weighted by Crippen LogP contribution is 2.10. The van der Waals surface area contributed by atoms with Crippen molar-refractivity contribution in [2.45, 2.75) is 6.92 Å². The number of H-pyrrole nitrogens is 1. The first kappa shape index (κ1) is 10.2. The van der Waals surface area contributed by atoms with Gasteiger partial charge < -0.3 is 0 Å². The smallest absolute Gasteiger partial charge is 0.275 e. The van der Waals surface area contributed by atoms with E-state index in [0.717, 1.165) is 0 Å². The van der Waals surface area contributed by atoms with Crippen LogP contribution >= 0.6 is 0 Å². The monoisotopic (exact) mass is 241 g/mol. The van der Waals surface area contributed by atoms with Crippen LogP contribution in [0.3, 0.4) is 0 Å². The highest BCUT2D eigenvalue weighted by atomic mass is 16.1. The highest BCUT2D eigenvalue weighted by molar-refractivity contribution is 5.45. The second kappa shape index (κ2) is 3.53. The maximum atomic E-state index is 11.5. The molecule has 0 spiro atoms. The standard InChI is InChI=1S/C10H7N7O/c1-6-13-7(16-3-2-12-9(16)5-11)4-8-14-15-10(18)17(6)8/h2-4H,1H3,(H,15,18). The van der Waals surface area contributed by atoms with Gasteiger partial charge in [-0.05, 0) is 6.92 Å². The van der Waals surface area contributed by atoms with Crippen LogP contribution in [0.5, 0.6) is 0 Å². The largest absolute Gasteiger partial charge is 0.349 e. The van der Waals surface area contributed by atoms with Crippen LogP contribution in [0, 0.1) is 18.3 Å². The van der Waals surface area contributed by atoms with Gasteiger partial charge in [-0.1, -0.05) is 0 Å². The van der Waals surface area contributed by atoms with Crippen LogP contribution in [0.15, 0.2) is 23.3 Å². The molecular formula is C10H7N7O. The zero-order valence-corrected chi connectivity index (χ0v) is 9.32. The van der Waals surface area contributed by atoms with Gasteiger partial charge in [-0.3, -0.25) is 4.57 Å². The Morgan fingerprint density at radius 3 is 3.11 bits per heavy atom. The number of rotatable bonds is 1. The van der Waals surface area contributed by atoms with E-state index in [4.69, 9.17) is 5.26 Å². The summed E-state index contributed by atoms with van der Waals surface area (Å²) >= 11 is 0. The summed E-state index contributed by atoms with van der Waals surface area (Å²) in [6.45, 7) is 1.69. The minimum Gasteiger partial charge on any atom is -0.275 e. The Labute approximate surface area is 100 Å². The molecule has 0 aromatic carbocycles. The lowest BCUT2D eigenvalue weighted by molar-refractivity contribution is 0.885.